The maximum Gasteiger partial charge on any atom is 0.407 e. The summed E-state index contributed by atoms with van der Waals surface area (Å²) in [5.41, 5.74) is 4.48. The highest BCUT2D eigenvalue weighted by Crippen LogP contribution is 2.44. The number of aliphatic carboxylic acids is 1. The minimum absolute atomic E-state index is 0.0745. The fraction of sp³-hybridized carbons (Fsp3) is 0.423. The highest BCUT2D eigenvalue weighted by Gasteiger charge is 2.30. The largest absolute Gasteiger partial charge is 0.481 e. The first-order valence-electron chi connectivity index (χ1n) is 11.5. The number of carboxylic acids is 1. The standard InChI is InChI=1S/C26H33N3O5/c1-16(2)22(13-24(30)31)27-25(32)23(14-29(3)4)28-26(33)34-15-21-19-11-7-5-9-17(19)18-10-6-8-12-20(18)21/h5-12,16,21-23H,13-15H2,1-4H3,(H,27,32)(H,28,33)(H,30,31)/t22?,23-/m0/s1. The zero-order valence-corrected chi connectivity index (χ0v) is 20.1. The number of fused-ring (bicyclic) bond motifs is 3. The van der Waals surface area contributed by atoms with Gasteiger partial charge >= 0.3 is 12.1 Å². The van der Waals surface area contributed by atoms with Gasteiger partial charge in [-0.3, -0.25) is 9.59 Å². The number of alkyl carbamates (subject to hydrolysis) is 1. The molecule has 0 saturated carbocycles. The number of carboxylic acid groups (broad SMARTS) is 1. The summed E-state index contributed by atoms with van der Waals surface area (Å²) in [4.78, 5) is 38.5. The smallest absolute Gasteiger partial charge is 0.407 e. The van der Waals surface area contributed by atoms with E-state index < -0.39 is 30.1 Å². The second-order valence-corrected chi connectivity index (χ2v) is 9.24. The van der Waals surface area contributed by atoms with Gasteiger partial charge in [-0.15, -0.1) is 0 Å². The zero-order chi connectivity index (χ0) is 24.8. The molecule has 8 nitrogen and oxygen atoms in total. The van der Waals surface area contributed by atoms with Gasteiger partial charge in [0, 0.05) is 18.5 Å². The molecule has 0 aromatic heterocycles. The van der Waals surface area contributed by atoms with Crippen molar-refractivity contribution in [3.8, 4) is 11.1 Å². The van der Waals surface area contributed by atoms with Gasteiger partial charge in [-0.1, -0.05) is 62.4 Å². The fourth-order valence-corrected chi connectivity index (χ4v) is 4.27. The molecule has 1 aliphatic rings. The molecule has 1 aliphatic carbocycles. The molecule has 0 heterocycles. The Morgan fingerprint density at radius 3 is 2.03 bits per heavy atom. The molecule has 8 heteroatoms. The van der Waals surface area contributed by atoms with Crippen molar-refractivity contribution in [2.75, 3.05) is 27.2 Å². The zero-order valence-electron chi connectivity index (χ0n) is 20.1. The van der Waals surface area contributed by atoms with Crippen molar-refractivity contribution >= 4 is 18.0 Å². The number of carbonyl (C=O) groups excluding carboxylic acids is 2. The van der Waals surface area contributed by atoms with Crippen LogP contribution in [0.3, 0.4) is 0 Å². The number of ether oxygens (including phenoxy) is 1. The summed E-state index contributed by atoms with van der Waals surface area (Å²) in [6, 6.07) is 14.7. The predicted octanol–water partition coefficient (Wildman–Crippen LogP) is 3.07. The van der Waals surface area contributed by atoms with E-state index in [1.165, 1.54) is 0 Å². The Bertz CT molecular complexity index is 991. The number of hydrogen-bond donors (Lipinski definition) is 3. The van der Waals surface area contributed by atoms with Crippen LogP contribution in [-0.4, -0.2) is 67.3 Å². The quantitative estimate of drug-likeness (QED) is 0.496. The summed E-state index contributed by atoms with van der Waals surface area (Å²) in [5, 5.41) is 14.6. The van der Waals surface area contributed by atoms with Gasteiger partial charge < -0.3 is 25.4 Å². The lowest BCUT2D eigenvalue weighted by molar-refractivity contribution is -0.138. The fourth-order valence-electron chi connectivity index (χ4n) is 4.27. The molecule has 34 heavy (non-hydrogen) atoms. The van der Waals surface area contributed by atoms with E-state index in [2.05, 4.69) is 22.8 Å². The van der Waals surface area contributed by atoms with Crippen LogP contribution in [-0.2, 0) is 14.3 Å². The lowest BCUT2D eigenvalue weighted by Gasteiger charge is -2.26. The van der Waals surface area contributed by atoms with Crippen molar-refractivity contribution < 1.29 is 24.2 Å². The molecule has 0 saturated heterocycles. The van der Waals surface area contributed by atoms with Crippen LogP contribution in [0.25, 0.3) is 11.1 Å². The molecule has 0 aliphatic heterocycles. The van der Waals surface area contributed by atoms with Crippen molar-refractivity contribution in [1.29, 1.82) is 0 Å². The summed E-state index contributed by atoms with van der Waals surface area (Å²) in [7, 11) is 3.58. The molecule has 0 bridgehead atoms. The Hall–Kier alpha value is -3.39. The minimum Gasteiger partial charge on any atom is -0.481 e. The van der Waals surface area contributed by atoms with E-state index in [0.717, 1.165) is 22.3 Å². The first kappa shape index (κ1) is 25.2. The van der Waals surface area contributed by atoms with Gasteiger partial charge in [0.25, 0.3) is 0 Å². The Balaban J connectivity index is 1.66. The van der Waals surface area contributed by atoms with Crippen LogP contribution >= 0.6 is 0 Å². The molecular formula is C26H33N3O5. The second kappa shape index (κ2) is 11.2. The minimum atomic E-state index is -0.993. The van der Waals surface area contributed by atoms with Crippen molar-refractivity contribution in [1.82, 2.24) is 15.5 Å². The first-order chi connectivity index (χ1) is 16.2. The van der Waals surface area contributed by atoms with E-state index in [9.17, 15) is 14.4 Å². The van der Waals surface area contributed by atoms with E-state index in [4.69, 9.17) is 9.84 Å². The molecule has 0 spiro atoms. The summed E-state index contributed by atoms with van der Waals surface area (Å²) in [5.74, 6) is -1.59. The van der Waals surface area contributed by atoms with Crippen LogP contribution in [0.4, 0.5) is 4.79 Å². The SMILES string of the molecule is CC(C)C(CC(=O)O)NC(=O)[C@H](CN(C)C)NC(=O)OCC1c2ccccc2-c2ccccc21. The third kappa shape index (κ3) is 6.14. The van der Waals surface area contributed by atoms with Crippen LogP contribution in [0, 0.1) is 5.92 Å². The summed E-state index contributed by atoms with van der Waals surface area (Å²) >= 11 is 0. The second-order valence-electron chi connectivity index (χ2n) is 9.24. The topological polar surface area (TPSA) is 108 Å². The van der Waals surface area contributed by atoms with Crippen molar-refractivity contribution in [3.63, 3.8) is 0 Å². The van der Waals surface area contributed by atoms with Gasteiger partial charge in [0.1, 0.15) is 12.6 Å². The molecule has 2 aromatic carbocycles. The Labute approximate surface area is 200 Å². The van der Waals surface area contributed by atoms with E-state index in [1.54, 1.807) is 19.0 Å². The summed E-state index contributed by atoms with van der Waals surface area (Å²) in [6.07, 6.45) is -0.883. The molecule has 3 N–H and O–H groups in total. The number of nitrogens with one attached hydrogen (secondary N) is 2. The van der Waals surface area contributed by atoms with Gasteiger partial charge in [0.15, 0.2) is 0 Å². The lowest BCUT2D eigenvalue weighted by atomic mass is 9.98. The highest BCUT2D eigenvalue weighted by molar-refractivity contribution is 5.86. The molecule has 0 radical (unpaired) electrons. The van der Waals surface area contributed by atoms with Crippen molar-refractivity contribution in [2.45, 2.75) is 38.3 Å². The lowest BCUT2D eigenvalue weighted by Crippen LogP contribution is -2.54. The number of amides is 2. The Kier molecular flexibility index (Phi) is 8.28. The van der Waals surface area contributed by atoms with Gasteiger partial charge in [-0.25, -0.2) is 4.79 Å². The van der Waals surface area contributed by atoms with Crippen LogP contribution < -0.4 is 10.6 Å². The van der Waals surface area contributed by atoms with E-state index in [-0.39, 0.29) is 31.4 Å². The first-order valence-corrected chi connectivity index (χ1v) is 11.5. The van der Waals surface area contributed by atoms with Crippen LogP contribution in [0.5, 0.6) is 0 Å². The molecule has 3 rings (SSSR count). The predicted molar refractivity (Wildman–Crippen MR) is 130 cm³/mol. The van der Waals surface area contributed by atoms with Crippen LogP contribution in [0.1, 0.15) is 37.3 Å². The van der Waals surface area contributed by atoms with Gasteiger partial charge in [-0.05, 0) is 42.3 Å². The maximum absolute atomic E-state index is 12.9. The average molecular weight is 468 g/mol. The van der Waals surface area contributed by atoms with Crippen molar-refractivity contribution in [3.05, 3.63) is 59.7 Å². The molecule has 1 unspecified atom stereocenters. The number of nitrogens with zero attached hydrogens (tertiary/aromatic N) is 1. The Morgan fingerprint density at radius 1 is 0.971 bits per heavy atom. The average Bonchev–Trinajstić information content (AvgIpc) is 3.10. The normalized spacial score (nSPS) is 14.3. The van der Waals surface area contributed by atoms with E-state index in [0.29, 0.717) is 0 Å². The molecule has 2 atom stereocenters. The molecule has 2 aromatic rings. The maximum atomic E-state index is 12.9. The van der Waals surface area contributed by atoms with E-state index >= 15 is 0 Å². The van der Waals surface area contributed by atoms with Crippen LogP contribution in [0.2, 0.25) is 0 Å². The van der Waals surface area contributed by atoms with E-state index in [1.807, 2.05) is 50.2 Å². The van der Waals surface area contributed by atoms with Gasteiger partial charge in [0.2, 0.25) is 5.91 Å². The molecule has 182 valence electrons. The number of hydrogen-bond acceptors (Lipinski definition) is 5. The van der Waals surface area contributed by atoms with Gasteiger partial charge in [0.05, 0.1) is 6.42 Å². The summed E-state index contributed by atoms with van der Waals surface area (Å²) < 4.78 is 5.58. The molecule has 2 amide bonds. The van der Waals surface area contributed by atoms with Crippen molar-refractivity contribution in [2.24, 2.45) is 5.92 Å². The summed E-state index contributed by atoms with van der Waals surface area (Å²) in [6.45, 7) is 4.07. The third-order valence-corrected chi connectivity index (χ3v) is 6.03. The highest BCUT2D eigenvalue weighted by atomic mass is 16.5. The molecule has 0 fully saturated rings. The number of benzene rings is 2. The molecular weight excluding hydrogens is 434 g/mol. The number of carbonyl (C=O) groups is 3. The Morgan fingerprint density at radius 2 is 1.53 bits per heavy atom. The van der Waals surface area contributed by atoms with Crippen LogP contribution in [0.15, 0.2) is 48.5 Å². The number of rotatable bonds is 10. The van der Waals surface area contributed by atoms with Gasteiger partial charge in [-0.2, -0.15) is 0 Å². The third-order valence-electron chi connectivity index (χ3n) is 6.03. The number of likely N-dealkylation sites (N-methyl/N-ethyl adjacent to an activating group) is 1. The monoisotopic (exact) mass is 467 g/mol.